The molecule has 0 saturated heterocycles. The minimum atomic E-state index is -0.108. The summed E-state index contributed by atoms with van der Waals surface area (Å²) in [6.07, 6.45) is 3.80. The monoisotopic (exact) mass is 399 g/mol. The average molecular weight is 400 g/mol. The summed E-state index contributed by atoms with van der Waals surface area (Å²) in [5.41, 5.74) is 1.09. The van der Waals surface area contributed by atoms with Crippen LogP contribution in [0.15, 0.2) is 68.8 Å². The standard InChI is InChI=1S/C20H21N3O2S2/c1-26-16-11-9-15(10-12-16)14-19-22-23-20(25-19)21-18(24)8-5-13-27-17-6-3-2-4-7-17/h2-4,6-7,9-12H,5,8,13-14H2,1H3,(H,21,23,24). The highest BCUT2D eigenvalue weighted by atomic mass is 32.2. The molecule has 2 aromatic carbocycles. The first-order valence-corrected chi connectivity index (χ1v) is 10.9. The Balaban J connectivity index is 1.40. The maximum Gasteiger partial charge on any atom is 0.322 e. The zero-order valence-electron chi connectivity index (χ0n) is 15.1. The number of nitrogens with zero attached hydrogens (tertiary/aromatic N) is 2. The van der Waals surface area contributed by atoms with Gasteiger partial charge < -0.3 is 4.42 Å². The highest BCUT2D eigenvalue weighted by Gasteiger charge is 2.10. The van der Waals surface area contributed by atoms with Crippen molar-refractivity contribution in [3.63, 3.8) is 0 Å². The van der Waals surface area contributed by atoms with Crippen LogP contribution in [0.4, 0.5) is 6.01 Å². The van der Waals surface area contributed by atoms with E-state index in [1.807, 2.05) is 36.6 Å². The van der Waals surface area contributed by atoms with Gasteiger partial charge in [0.05, 0.1) is 6.42 Å². The van der Waals surface area contributed by atoms with Gasteiger partial charge in [0.1, 0.15) is 0 Å². The predicted octanol–water partition coefficient (Wildman–Crippen LogP) is 4.89. The molecule has 27 heavy (non-hydrogen) atoms. The number of anilines is 1. The van der Waals surface area contributed by atoms with Gasteiger partial charge in [-0.25, -0.2) is 0 Å². The second kappa shape index (κ2) is 10.2. The third kappa shape index (κ3) is 6.45. The number of thioether (sulfide) groups is 2. The molecule has 1 N–H and O–H groups in total. The molecule has 0 atom stereocenters. The zero-order valence-corrected chi connectivity index (χ0v) is 16.7. The Bertz CT molecular complexity index is 851. The molecule has 0 unspecified atom stereocenters. The van der Waals surface area contributed by atoms with Crippen molar-refractivity contribution >= 4 is 35.4 Å². The molecule has 3 aromatic rings. The maximum absolute atomic E-state index is 12.0. The number of hydrogen-bond donors (Lipinski definition) is 1. The highest BCUT2D eigenvalue weighted by Crippen LogP contribution is 2.19. The van der Waals surface area contributed by atoms with E-state index in [1.54, 1.807) is 23.5 Å². The van der Waals surface area contributed by atoms with Crippen LogP contribution in [0.1, 0.15) is 24.3 Å². The van der Waals surface area contributed by atoms with Gasteiger partial charge >= 0.3 is 6.01 Å². The lowest BCUT2D eigenvalue weighted by atomic mass is 10.1. The van der Waals surface area contributed by atoms with Crippen LogP contribution in [0.2, 0.25) is 0 Å². The summed E-state index contributed by atoms with van der Waals surface area (Å²) in [5, 5.41) is 10.6. The number of carbonyl (C=O) groups excluding carboxylic acids is 1. The lowest BCUT2D eigenvalue weighted by Gasteiger charge is -2.02. The molecule has 0 spiro atoms. The summed E-state index contributed by atoms with van der Waals surface area (Å²) in [7, 11) is 0. The van der Waals surface area contributed by atoms with Gasteiger partial charge in [-0.1, -0.05) is 35.4 Å². The molecule has 0 bridgehead atoms. The SMILES string of the molecule is CSc1ccc(Cc2nnc(NC(=O)CCCSc3ccccc3)o2)cc1. The van der Waals surface area contributed by atoms with Crippen molar-refractivity contribution < 1.29 is 9.21 Å². The Morgan fingerprint density at radius 3 is 2.56 bits per heavy atom. The van der Waals surface area contributed by atoms with Crippen molar-refractivity contribution in [2.45, 2.75) is 29.1 Å². The van der Waals surface area contributed by atoms with Crippen molar-refractivity contribution in [1.29, 1.82) is 0 Å². The lowest BCUT2D eigenvalue weighted by Crippen LogP contribution is -2.11. The van der Waals surface area contributed by atoms with Crippen molar-refractivity contribution in [3.05, 3.63) is 66.1 Å². The van der Waals surface area contributed by atoms with Crippen LogP contribution in [0.5, 0.6) is 0 Å². The molecular weight excluding hydrogens is 378 g/mol. The minimum absolute atomic E-state index is 0.108. The summed E-state index contributed by atoms with van der Waals surface area (Å²) < 4.78 is 5.53. The van der Waals surface area contributed by atoms with Crippen molar-refractivity contribution in [3.8, 4) is 0 Å². The van der Waals surface area contributed by atoms with E-state index in [-0.39, 0.29) is 11.9 Å². The van der Waals surface area contributed by atoms with Crippen molar-refractivity contribution in [2.75, 3.05) is 17.3 Å². The van der Waals surface area contributed by atoms with Crippen LogP contribution in [0, 0.1) is 0 Å². The Labute approximate surface area is 167 Å². The van der Waals surface area contributed by atoms with E-state index in [0.29, 0.717) is 18.7 Å². The molecule has 7 heteroatoms. The molecule has 0 aliphatic carbocycles. The van der Waals surface area contributed by atoms with Gasteiger partial charge in [0.15, 0.2) is 0 Å². The van der Waals surface area contributed by atoms with Crippen LogP contribution in [-0.4, -0.2) is 28.1 Å². The second-order valence-corrected chi connectivity index (χ2v) is 7.89. The third-order valence-corrected chi connectivity index (χ3v) is 5.63. The maximum atomic E-state index is 12.0. The van der Waals surface area contributed by atoms with Gasteiger partial charge in [0, 0.05) is 16.2 Å². The molecule has 0 aliphatic rings. The van der Waals surface area contributed by atoms with Gasteiger partial charge in [0.2, 0.25) is 11.8 Å². The smallest absolute Gasteiger partial charge is 0.322 e. The van der Waals surface area contributed by atoms with Gasteiger partial charge in [-0.2, -0.15) is 0 Å². The number of amides is 1. The second-order valence-electron chi connectivity index (χ2n) is 5.84. The third-order valence-electron chi connectivity index (χ3n) is 3.79. The molecule has 0 aliphatic heterocycles. The summed E-state index contributed by atoms with van der Waals surface area (Å²) in [6.45, 7) is 0. The molecule has 0 fully saturated rings. The molecule has 5 nitrogen and oxygen atoms in total. The average Bonchev–Trinajstić information content (AvgIpc) is 3.13. The van der Waals surface area contributed by atoms with E-state index in [1.165, 1.54) is 9.79 Å². The van der Waals surface area contributed by atoms with E-state index in [2.05, 4.69) is 39.8 Å². The molecule has 0 radical (unpaired) electrons. The summed E-state index contributed by atoms with van der Waals surface area (Å²) in [5.74, 6) is 1.27. The molecule has 1 amide bonds. The van der Waals surface area contributed by atoms with Crippen LogP contribution >= 0.6 is 23.5 Å². The fraction of sp³-hybridized carbons (Fsp3) is 0.250. The van der Waals surface area contributed by atoms with Crippen LogP contribution in [0.3, 0.4) is 0 Å². The number of rotatable bonds is 9. The van der Waals surface area contributed by atoms with Gasteiger partial charge in [-0.05, 0) is 48.3 Å². The molecule has 1 heterocycles. The number of aromatic nitrogens is 2. The topological polar surface area (TPSA) is 68.0 Å². The van der Waals surface area contributed by atoms with Gasteiger partial charge in [-0.3, -0.25) is 10.1 Å². The summed E-state index contributed by atoms with van der Waals surface area (Å²) in [6, 6.07) is 18.5. The lowest BCUT2D eigenvalue weighted by molar-refractivity contribution is -0.116. The van der Waals surface area contributed by atoms with Gasteiger partial charge in [0.25, 0.3) is 0 Å². The van der Waals surface area contributed by atoms with E-state index in [9.17, 15) is 4.79 Å². The highest BCUT2D eigenvalue weighted by molar-refractivity contribution is 7.99. The Morgan fingerprint density at radius 2 is 1.81 bits per heavy atom. The molecule has 3 rings (SSSR count). The molecule has 0 saturated carbocycles. The number of nitrogens with one attached hydrogen (secondary N) is 1. The first kappa shape index (κ1) is 19.5. The Morgan fingerprint density at radius 1 is 1.04 bits per heavy atom. The van der Waals surface area contributed by atoms with E-state index < -0.39 is 0 Å². The Hall–Kier alpha value is -2.25. The zero-order chi connectivity index (χ0) is 18.9. The van der Waals surface area contributed by atoms with Crippen molar-refractivity contribution in [2.24, 2.45) is 0 Å². The first-order chi connectivity index (χ1) is 13.2. The van der Waals surface area contributed by atoms with E-state index in [4.69, 9.17) is 4.42 Å². The van der Waals surface area contributed by atoms with E-state index in [0.717, 1.165) is 17.7 Å². The molecule has 140 valence electrons. The number of carbonyl (C=O) groups is 1. The summed E-state index contributed by atoms with van der Waals surface area (Å²) in [4.78, 5) is 14.4. The van der Waals surface area contributed by atoms with Crippen LogP contribution in [0.25, 0.3) is 0 Å². The predicted molar refractivity (Wildman–Crippen MR) is 110 cm³/mol. The molecule has 1 aromatic heterocycles. The minimum Gasteiger partial charge on any atom is -0.407 e. The largest absolute Gasteiger partial charge is 0.407 e. The summed E-state index contributed by atoms with van der Waals surface area (Å²) >= 11 is 3.44. The van der Waals surface area contributed by atoms with E-state index >= 15 is 0 Å². The fourth-order valence-electron chi connectivity index (χ4n) is 2.41. The quantitative estimate of drug-likeness (QED) is 0.408. The van der Waals surface area contributed by atoms with Crippen LogP contribution in [-0.2, 0) is 11.2 Å². The number of hydrogen-bond acceptors (Lipinski definition) is 6. The normalized spacial score (nSPS) is 10.7. The van der Waals surface area contributed by atoms with Crippen molar-refractivity contribution in [1.82, 2.24) is 10.2 Å². The fourth-order valence-corrected chi connectivity index (χ4v) is 3.70. The number of benzene rings is 2. The van der Waals surface area contributed by atoms with Gasteiger partial charge in [-0.15, -0.1) is 28.6 Å². The van der Waals surface area contributed by atoms with Crippen LogP contribution < -0.4 is 5.32 Å². The Kier molecular flexibility index (Phi) is 7.36. The molecular formula is C20H21N3O2S2. The first-order valence-electron chi connectivity index (χ1n) is 8.66.